The van der Waals surface area contributed by atoms with Crippen molar-refractivity contribution in [3.63, 3.8) is 0 Å². The van der Waals surface area contributed by atoms with E-state index in [0.29, 0.717) is 37.7 Å². The standard InChI is InChI=1S/C29H37N5O4/c1-31(2)27(35)20-32-16-11-24-22(10-13-30-28(24)32)19-33-14-5-15-34(29(33)36)23-8-9-25(37-3)26(18-23)38-17-12-21-6-4-7-21/h8-11,13,16,18,21H,4-7,12,14-15,17,19-20H2,1-3H3. The predicted molar refractivity (Wildman–Crippen MR) is 147 cm³/mol. The van der Waals surface area contributed by atoms with Gasteiger partial charge in [-0.1, -0.05) is 19.3 Å². The van der Waals surface area contributed by atoms with Gasteiger partial charge in [-0.15, -0.1) is 0 Å². The number of hydrogen-bond donors (Lipinski definition) is 0. The van der Waals surface area contributed by atoms with E-state index < -0.39 is 0 Å². The van der Waals surface area contributed by atoms with Crippen molar-refractivity contribution in [3.8, 4) is 11.5 Å². The molecule has 3 heterocycles. The smallest absolute Gasteiger partial charge is 0.324 e. The summed E-state index contributed by atoms with van der Waals surface area (Å²) in [4.78, 5) is 35.6. The highest BCUT2D eigenvalue weighted by Gasteiger charge is 2.28. The van der Waals surface area contributed by atoms with Crippen LogP contribution < -0.4 is 14.4 Å². The average molecular weight is 520 g/mol. The predicted octanol–water partition coefficient (Wildman–Crippen LogP) is 4.53. The lowest BCUT2D eigenvalue weighted by Crippen LogP contribution is -2.49. The van der Waals surface area contributed by atoms with Crippen molar-refractivity contribution < 1.29 is 19.1 Å². The number of likely N-dealkylation sites (N-methyl/N-ethyl adjacent to an activating group) is 1. The van der Waals surface area contributed by atoms with Gasteiger partial charge in [-0.05, 0) is 48.6 Å². The SMILES string of the molecule is COc1ccc(N2CCCN(Cc3ccnc4c3ccn4CC(=O)N(C)C)C2=O)cc1OCCC1CCC1. The molecule has 0 unspecified atom stereocenters. The summed E-state index contributed by atoms with van der Waals surface area (Å²) in [5, 5.41) is 0.954. The van der Waals surface area contributed by atoms with E-state index in [0.717, 1.165) is 41.0 Å². The Bertz CT molecular complexity index is 1300. The van der Waals surface area contributed by atoms with Crippen LogP contribution in [0.15, 0.2) is 42.7 Å². The summed E-state index contributed by atoms with van der Waals surface area (Å²) in [6.07, 6.45) is 9.46. The lowest BCUT2D eigenvalue weighted by atomic mass is 9.83. The van der Waals surface area contributed by atoms with E-state index in [9.17, 15) is 9.59 Å². The Hall–Kier alpha value is -3.75. The summed E-state index contributed by atoms with van der Waals surface area (Å²) < 4.78 is 13.5. The van der Waals surface area contributed by atoms with Gasteiger partial charge in [0.15, 0.2) is 11.5 Å². The highest BCUT2D eigenvalue weighted by molar-refractivity contribution is 5.93. The first-order valence-corrected chi connectivity index (χ1v) is 13.4. The number of aromatic nitrogens is 2. The average Bonchev–Trinajstić information content (AvgIpc) is 3.30. The number of ether oxygens (including phenoxy) is 2. The number of hydrogen-bond acceptors (Lipinski definition) is 5. The number of pyridine rings is 1. The third-order valence-corrected chi connectivity index (χ3v) is 7.70. The lowest BCUT2D eigenvalue weighted by molar-refractivity contribution is -0.129. The monoisotopic (exact) mass is 519 g/mol. The zero-order valence-electron chi connectivity index (χ0n) is 22.6. The molecule has 1 saturated heterocycles. The second-order valence-electron chi connectivity index (χ2n) is 10.4. The molecule has 9 nitrogen and oxygen atoms in total. The van der Waals surface area contributed by atoms with Crippen LogP contribution in [0.4, 0.5) is 10.5 Å². The molecule has 2 aromatic heterocycles. The molecule has 9 heteroatoms. The minimum Gasteiger partial charge on any atom is -0.493 e. The maximum absolute atomic E-state index is 13.6. The number of nitrogens with zero attached hydrogens (tertiary/aromatic N) is 5. The molecule has 2 aliphatic rings. The molecule has 1 aromatic carbocycles. The summed E-state index contributed by atoms with van der Waals surface area (Å²) in [5.74, 6) is 2.13. The first-order valence-electron chi connectivity index (χ1n) is 13.4. The van der Waals surface area contributed by atoms with Crippen LogP contribution in [0.3, 0.4) is 0 Å². The zero-order chi connectivity index (χ0) is 26.6. The number of benzene rings is 1. The summed E-state index contributed by atoms with van der Waals surface area (Å²) >= 11 is 0. The lowest BCUT2D eigenvalue weighted by Gasteiger charge is -2.36. The number of anilines is 1. The van der Waals surface area contributed by atoms with Crippen LogP contribution in [0.2, 0.25) is 0 Å². The fraction of sp³-hybridized carbons (Fsp3) is 0.483. The fourth-order valence-corrected chi connectivity index (χ4v) is 5.14. The molecule has 3 aromatic rings. The molecule has 2 fully saturated rings. The maximum Gasteiger partial charge on any atom is 0.324 e. The van der Waals surface area contributed by atoms with E-state index in [1.54, 1.807) is 32.3 Å². The Balaban J connectivity index is 1.31. The molecule has 1 aliphatic carbocycles. The van der Waals surface area contributed by atoms with E-state index in [-0.39, 0.29) is 18.5 Å². The third-order valence-electron chi connectivity index (χ3n) is 7.70. The fourth-order valence-electron chi connectivity index (χ4n) is 5.14. The van der Waals surface area contributed by atoms with Gasteiger partial charge in [0.2, 0.25) is 5.91 Å². The number of carbonyl (C=O) groups excluding carboxylic acids is 2. The quantitative estimate of drug-likeness (QED) is 0.393. The molecule has 0 radical (unpaired) electrons. The largest absolute Gasteiger partial charge is 0.493 e. The topological polar surface area (TPSA) is 80.1 Å². The first kappa shape index (κ1) is 25.9. The maximum atomic E-state index is 13.6. The van der Waals surface area contributed by atoms with E-state index >= 15 is 0 Å². The molecule has 0 atom stereocenters. The Morgan fingerprint density at radius 1 is 1.11 bits per heavy atom. The number of fused-ring (bicyclic) bond motifs is 1. The number of methoxy groups -OCH3 is 1. The normalized spacial score (nSPS) is 16.0. The second-order valence-corrected chi connectivity index (χ2v) is 10.4. The summed E-state index contributed by atoms with van der Waals surface area (Å²) in [5.41, 5.74) is 2.57. The van der Waals surface area contributed by atoms with Gasteiger partial charge in [-0.3, -0.25) is 9.69 Å². The van der Waals surface area contributed by atoms with Crippen molar-refractivity contribution in [1.29, 1.82) is 0 Å². The molecule has 0 N–H and O–H groups in total. The molecule has 1 saturated carbocycles. The Kier molecular flexibility index (Phi) is 7.72. The molecule has 3 amide bonds. The van der Waals surface area contributed by atoms with Gasteiger partial charge in [-0.2, -0.15) is 0 Å². The minimum atomic E-state index is -0.0333. The first-order chi connectivity index (χ1) is 18.4. The van der Waals surface area contributed by atoms with Crippen molar-refractivity contribution in [2.45, 2.75) is 45.2 Å². The van der Waals surface area contributed by atoms with Crippen LogP contribution in [0.25, 0.3) is 11.0 Å². The number of urea groups is 1. The number of amides is 3. The molecule has 0 spiro atoms. The molecule has 202 valence electrons. The summed E-state index contributed by atoms with van der Waals surface area (Å²) in [6.45, 7) is 2.69. The van der Waals surface area contributed by atoms with Crippen LogP contribution in [0.1, 0.15) is 37.7 Å². The van der Waals surface area contributed by atoms with E-state index in [4.69, 9.17) is 9.47 Å². The molecule has 1 aliphatic heterocycles. The summed E-state index contributed by atoms with van der Waals surface area (Å²) in [6, 6.07) is 9.62. The summed E-state index contributed by atoms with van der Waals surface area (Å²) in [7, 11) is 5.13. The van der Waals surface area contributed by atoms with Crippen LogP contribution in [0, 0.1) is 5.92 Å². The van der Waals surface area contributed by atoms with Gasteiger partial charge in [0.1, 0.15) is 12.2 Å². The zero-order valence-corrected chi connectivity index (χ0v) is 22.6. The van der Waals surface area contributed by atoms with Crippen molar-refractivity contribution in [2.24, 2.45) is 5.92 Å². The van der Waals surface area contributed by atoms with E-state index in [1.807, 2.05) is 50.9 Å². The minimum absolute atomic E-state index is 0.00225. The number of carbonyl (C=O) groups is 2. The molecule has 5 rings (SSSR count). The van der Waals surface area contributed by atoms with Crippen LogP contribution >= 0.6 is 0 Å². The van der Waals surface area contributed by atoms with Crippen molar-refractivity contribution in [3.05, 3.63) is 48.3 Å². The van der Waals surface area contributed by atoms with Crippen molar-refractivity contribution >= 4 is 28.7 Å². The van der Waals surface area contributed by atoms with Gasteiger partial charge in [0.05, 0.1) is 13.7 Å². The van der Waals surface area contributed by atoms with Crippen LogP contribution in [-0.4, -0.2) is 72.2 Å². The van der Waals surface area contributed by atoms with E-state index in [2.05, 4.69) is 4.98 Å². The molecular formula is C29H37N5O4. The van der Waals surface area contributed by atoms with Gasteiger partial charge in [0, 0.05) is 63.3 Å². The molecule has 38 heavy (non-hydrogen) atoms. The molecule has 0 bridgehead atoms. The second kappa shape index (κ2) is 11.3. The highest BCUT2D eigenvalue weighted by Crippen LogP contribution is 2.35. The van der Waals surface area contributed by atoms with E-state index in [1.165, 1.54) is 19.3 Å². The van der Waals surface area contributed by atoms with Crippen LogP contribution in [-0.2, 0) is 17.9 Å². The van der Waals surface area contributed by atoms with Crippen molar-refractivity contribution in [2.75, 3.05) is 45.8 Å². The van der Waals surface area contributed by atoms with Crippen LogP contribution in [0.5, 0.6) is 11.5 Å². The Morgan fingerprint density at radius 3 is 2.68 bits per heavy atom. The van der Waals surface area contributed by atoms with Gasteiger partial charge in [-0.25, -0.2) is 9.78 Å². The highest BCUT2D eigenvalue weighted by atomic mass is 16.5. The van der Waals surface area contributed by atoms with Gasteiger partial charge in [0.25, 0.3) is 0 Å². The van der Waals surface area contributed by atoms with Crippen molar-refractivity contribution in [1.82, 2.24) is 19.4 Å². The molecular weight excluding hydrogens is 482 g/mol. The number of rotatable bonds is 10. The van der Waals surface area contributed by atoms with Gasteiger partial charge >= 0.3 is 6.03 Å². The van der Waals surface area contributed by atoms with Gasteiger partial charge < -0.3 is 23.8 Å². The third kappa shape index (κ3) is 5.42. The Morgan fingerprint density at radius 2 is 1.95 bits per heavy atom. The Labute approximate surface area is 223 Å².